The number of rotatable bonds is 6. The first-order valence-corrected chi connectivity index (χ1v) is 13.8. The summed E-state index contributed by atoms with van der Waals surface area (Å²) in [6, 6.07) is 9.87. The summed E-state index contributed by atoms with van der Waals surface area (Å²) in [6.45, 7) is 20.8. The van der Waals surface area contributed by atoms with Crippen molar-refractivity contribution in [3.05, 3.63) is 41.5 Å². The molecule has 166 valence electrons. The van der Waals surface area contributed by atoms with E-state index in [1.165, 1.54) is 0 Å². The van der Waals surface area contributed by atoms with Gasteiger partial charge in [0.2, 0.25) is 0 Å². The van der Waals surface area contributed by atoms with Crippen LogP contribution in [-0.4, -0.2) is 36.3 Å². The molecule has 0 aliphatic heterocycles. The van der Waals surface area contributed by atoms with Gasteiger partial charge in [0.15, 0.2) is 0 Å². The van der Waals surface area contributed by atoms with Crippen molar-refractivity contribution in [1.29, 1.82) is 0 Å². The van der Waals surface area contributed by atoms with Crippen molar-refractivity contribution in [2.24, 2.45) is 0 Å². The Morgan fingerprint density at radius 3 is 2.03 bits per heavy atom. The van der Waals surface area contributed by atoms with Crippen molar-refractivity contribution in [3.8, 4) is 5.75 Å². The first-order valence-electron chi connectivity index (χ1n) is 10.9. The monoisotopic (exact) mass is 429 g/mol. The maximum atomic E-state index is 13.9. The number of carbonyl (C=O) groups excluding carboxylic acids is 1. The smallest absolute Gasteiger partial charge is 0.255 e. The topological polar surface area (TPSA) is 49.8 Å². The van der Waals surface area contributed by atoms with Crippen LogP contribution < -0.4 is 4.43 Å². The first kappa shape index (κ1) is 24.4. The van der Waals surface area contributed by atoms with Crippen LogP contribution >= 0.6 is 0 Å². The maximum Gasteiger partial charge on any atom is 0.255 e. The van der Waals surface area contributed by atoms with Gasteiger partial charge in [-0.3, -0.25) is 4.79 Å². The highest BCUT2D eigenvalue weighted by Gasteiger charge is 2.39. The van der Waals surface area contributed by atoms with Gasteiger partial charge in [-0.2, -0.15) is 0 Å². The van der Waals surface area contributed by atoms with E-state index in [9.17, 15) is 9.90 Å². The predicted octanol–water partition coefficient (Wildman–Crippen LogP) is 6.54. The van der Waals surface area contributed by atoms with Crippen LogP contribution in [-0.2, 0) is 0 Å². The van der Waals surface area contributed by atoms with Crippen LogP contribution in [0.4, 0.5) is 0 Å². The van der Waals surface area contributed by atoms with Crippen molar-refractivity contribution in [3.63, 3.8) is 0 Å². The van der Waals surface area contributed by atoms with Gasteiger partial charge in [-0.1, -0.05) is 45.0 Å². The Balaban J connectivity index is 2.85. The number of nitrogens with zero attached hydrogens (tertiary/aromatic N) is 1. The molecule has 30 heavy (non-hydrogen) atoms. The van der Waals surface area contributed by atoms with Gasteiger partial charge in [0.1, 0.15) is 5.75 Å². The second kappa shape index (κ2) is 8.72. The highest BCUT2D eigenvalue weighted by Crippen LogP contribution is 2.41. The van der Waals surface area contributed by atoms with Crippen LogP contribution in [0.1, 0.15) is 77.4 Å². The molecule has 2 rings (SSSR count). The van der Waals surface area contributed by atoms with Crippen LogP contribution in [0.15, 0.2) is 30.3 Å². The largest absolute Gasteiger partial charge is 0.543 e. The molecule has 1 atom stereocenters. The zero-order valence-corrected chi connectivity index (χ0v) is 21.3. The van der Waals surface area contributed by atoms with E-state index < -0.39 is 14.4 Å². The molecule has 0 aromatic heterocycles. The van der Waals surface area contributed by atoms with Gasteiger partial charge in [0, 0.05) is 17.5 Å². The molecule has 0 unspecified atom stereocenters. The molecule has 0 fully saturated rings. The first-order chi connectivity index (χ1) is 13.7. The summed E-state index contributed by atoms with van der Waals surface area (Å²) >= 11 is 0. The Bertz CT molecular complexity index is 902. The Kier molecular flexibility index (Phi) is 7.09. The van der Waals surface area contributed by atoms with Gasteiger partial charge in [-0.25, -0.2) is 0 Å². The molecule has 1 amide bonds. The number of carbonyl (C=O) groups is 1. The molecule has 0 saturated carbocycles. The fourth-order valence-electron chi connectivity index (χ4n) is 3.65. The highest BCUT2D eigenvalue weighted by atomic mass is 28.4. The van der Waals surface area contributed by atoms with E-state index in [1.807, 2.05) is 62.9 Å². The quantitative estimate of drug-likeness (QED) is 0.531. The summed E-state index contributed by atoms with van der Waals surface area (Å²) in [7, 11) is -2.12. The van der Waals surface area contributed by atoms with Crippen LogP contribution in [0, 0.1) is 0 Å². The summed E-state index contributed by atoms with van der Waals surface area (Å²) in [4.78, 5) is 15.7. The van der Waals surface area contributed by atoms with E-state index in [0.29, 0.717) is 11.1 Å². The van der Waals surface area contributed by atoms with Gasteiger partial charge in [-0.05, 0) is 69.8 Å². The minimum Gasteiger partial charge on any atom is -0.543 e. The van der Waals surface area contributed by atoms with E-state index >= 15 is 0 Å². The van der Waals surface area contributed by atoms with Crippen LogP contribution in [0.5, 0.6) is 5.75 Å². The Morgan fingerprint density at radius 2 is 1.57 bits per heavy atom. The molecule has 0 aliphatic carbocycles. The molecular weight excluding hydrogens is 390 g/mol. The summed E-state index contributed by atoms with van der Waals surface area (Å²) in [5.74, 6) is 0.671. The van der Waals surface area contributed by atoms with Crippen molar-refractivity contribution in [1.82, 2.24) is 4.90 Å². The average molecular weight is 430 g/mol. The third kappa shape index (κ3) is 4.73. The molecule has 0 spiro atoms. The average Bonchev–Trinajstić information content (AvgIpc) is 2.58. The van der Waals surface area contributed by atoms with Crippen molar-refractivity contribution < 1.29 is 14.3 Å². The number of amides is 1. The number of aliphatic hydroxyl groups excluding tert-OH is 1. The predicted molar refractivity (Wildman–Crippen MR) is 129 cm³/mol. The maximum absolute atomic E-state index is 13.9. The highest BCUT2D eigenvalue weighted by molar-refractivity contribution is 6.74. The lowest BCUT2D eigenvalue weighted by Crippen LogP contribution is -2.44. The zero-order chi connectivity index (χ0) is 23.0. The van der Waals surface area contributed by atoms with Crippen molar-refractivity contribution in [2.45, 2.75) is 91.7 Å². The lowest BCUT2D eigenvalue weighted by molar-refractivity contribution is 0.0639. The number of hydrogen-bond donors (Lipinski definition) is 1. The van der Waals surface area contributed by atoms with E-state index in [2.05, 4.69) is 33.9 Å². The molecule has 0 aliphatic rings. The van der Waals surface area contributed by atoms with Crippen LogP contribution in [0.25, 0.3) is 10.8 Å². The van der Waals surface area contributed by atoms with Gasteiger partial charge in [0.25, 0.3) is 14.2 Å². The minimum absolute atomic E-state index is 0.0309. The third-order valence-electron chi connectivity index (χ3n) is 6.22. The fourth-order valence-corrected chi connectivity index (χ4v) is 4.67. The van der Waals surface area contributed by atoms with E-state index in [-0.39, 0.29) is 23.0 Å². The lowest BCUT2D eigenvalue weighted by Gasteiger charge is -2.37. The number of hydrogen-bond acceptors (Lipinski definition) is 3. The molecular formula is C25H39NO3Si. The molecule has 1 N–H and O–H groups in total. The number of fused-ring (bicyclic) bond motifs is 1. The number of benzene rings is 2. The molecule has 0 radical (unpaired) electrons. The van der Waals surface area contributed by atoms with E-state index in [0.717, 1.165) is 16.5 Å². The zero-order valence-electron chi connectivity index (χ0n) is 20.3. The molecule has 4 nitrogen and oxygen atoms in total. The minimum atomic E-state index is -2.12. The van der Waals surface area contributed by atoms with Gasteiger partial charge < -0.3 is 14.4 Å². The second-order valence-corrected chi connectivity index (χ2v) is 15.0. The Labute approximate surface area is 183 Å². The van der Waals surface area contributed by atoms with Gasteiger partial charge in [-0.15, -0.1) is 0 Å². The Morgan fingerprint density at radius 1 is 1.00 bits per heavy atom. The summed E-state index contributed by atoms with van der Waals surface area (Å²) in [6.07, 6.45) is -0.754. The van der Waals surface area contributed by atoms with E-state index in [4.69, 9.17) is 4.43 Å². The van der Waals surface area contributed by atoms with Crippen molar-refractivity contribution >= 4 is 25.0 Å². The number of aliphatic hydroxyl groups is 1. The summed E-state index contributed by atoms with van der Waals surface area (Å²) in [5.41, 5.74) is 1.20. The summed E-state index contributed by atoms with van der Waals surface area (Å²) in [5, 5.41) is 12.3. The van der Waals surface area contributed by atoms with E-state index in [1.54, 1.807) is 6.92 Å². The standard InChI is InChI=1S/C25H39NO3Si/c1-16(2)26(17(3)4)24(28)23-20(18(5)27)15-14-19-12-11-13-21(22(19)23)29-30(9,10)25(6,7)8/h11-18,27H,1-10H3/t18-/m1/s1. The molecule has 2 aromatic carbocycles. The summed E-state index contributed by atoms with van der Waals surface area (Å²) < 4.78 is 6.69. The molecule has 0 saturated heterocycles. The van der Waals surface area contributed by atoms with Crippen LogP contribution in [0.3, 0.4) is 0 Å². The van der Waals surface area contributed by atoms with Gasteiger partial charge in [0.05, 0.1) is 11.7 Å². The second-order valence-electron chi connectivity index (χ2n) is 10.3. The van der Waals surface area contributed by atoms with Crippen LogP contribution in [0.2, 0.25) is 18.1 Å². The fraction of sp³-hybridized carbons (Fsp3) is 0.560. The lowest BCUT2D eigenvalue weighted by atomic mass is 9.94. The Hall–Kier alpha value is -1.85. The molecule has 5 heteroatoms. The normalized spacial score (nSPS) is 13.8. The molecule has 2 aromatic rings. The third-order valence-corrected chi connectivity index (χ3v) is 10.6. The molecule has 0 bridgehead atoms. The SMILES string of the molecule is CC(C)N(C(=O)c1c([C@@H](C)O)ccc2cccc(O[Si](C)(C)C(C)(C)C)c12)C(C)C. The van der Waals surface area contributed by atoms with Crippen molar-refractivity contribution in [2.75, 3.05) is 0 Å². The molecule has 0 heterocycles. The van der Waals surface area contributed by atoms with Gasteiger partial charge >= 0.3 is 0 Å².